The van der Waals surface area contributed by atoms with Crippen LogP contribution in [0.2, 0.25) is 10.0 Å². The van der Waals surface area contributed by atoms with E-state index in [9.17, 15) is 0 Å². The summed E-state index contributed by atoms with van der Waals surface area (Å²) in [4.78, 5) is 0. The zero-order chi connectivity index (χ0) is 8.72. The lowest BCUT2D eigenvalue weighted by molar-refractivity contribution is 0.991. The highest BCUT2D eigenvalue weighted by Crippen LogP contribution is 2.45. The maximum Gasteiger partial charge on any atom is 0.0456 e. The molecule has 2 atom stereocenters. The maximum atomic E-state index is 5.99. The Bertz CT molecular complexity index is 291. The van der Waals surface area contributed by atoms with Crippen LogP contribution in [-0.2, 0) is 0 Å². The van der Waals surface area contributed by atoms with Crippen molar-refractivity contribution in [3.63, 3.8) is 0 Å². The molecule has 0 amide bonds. The van der Waals surface area contributed by atoms with Crippen LogP contribution in [-0.4, -0.2) is 6.04 Å². The Hall–Kier alpha value is -0.240. The van der Waals surface area contributed by atoms with E-state index in [1.807, 2.05) is 18.2 Å². The quantitative estimate of drug-likeness (QED) is 0.744. The van der Waals surface area contributed by atoms with Crippen molar-refractivity contribution in [1.29, 1.82) is 0 Å². The molecule has 1 nitrogen and oxygen atoms in total. The van der Waals surface area contributed by atoms with Crippen LogP contribution in [0.15, 0.2) is 18.2 Å². The Labute approximate surface area is 81.5 Å². The van der Waals surface area contributed by atoms with Gasteiger partial charge in [-0.05, 0) is 24.1 Å². The molecule has 1 aliphatic carbocycles. The number of benzene rings is 1. The highest BCUT2D eigenvalue weighted by atomic mass is 35.5. The van der Waals surface area contributed by atoms with Gasteiger partial charge in [0.1, 0.15) is 0 Å². The number of hydrogen-bond acceptors (Lipinski definition) is 1. The highest BCUT2D eigenvalue weighted by molar-refractivity contribution is 6.36. The summed E-state index contributed by atoms with van der Waals surface area (Å²) in [6.07, 6.45) is 1.00. The van der Waals surface area contributed by atoms with Crippen LogP contribution in [0.25, 0.3) is 0 Å². The minimum Gasteiger partial charge on any atom is -0.327 e. The topological polar surface area (TPSA) is 26.0 Å². The lowest BCUT2D eigenvalue weighted by atomic mass is 10.1. The molecule has 1 aromatic carbocycles. The minimum atomic E-state index is 0.252. The van der Waals surface area contributed by atoms with Gasteiger partial charge in [-0.3, -0.25) is 0 Å². The molecule has 0 radical (unpaired) electrons. The number of rotatable bonds is 1. The molecule has 2 N–H and O–H groups in total. The Morgan fingerprint density at radius 2 is 1.75 bits per heavy atom. The zero-order valence-electron chi connectivity index (χ0n) is 6.43. The van der Waals surface area contributed by atoms with Crippen LogP contribution in [0.1, 0.15) is 17.9 Å². The van der Waals surface area contributed by atoms with Gasteiger partial charge in [-0.15, -0.1) is 0 Å². The van der Waals surface area contributed by atoms with Gasteiger partial charge in [-0.2, -0.15) is 0 Å². The molecule has 3 heteroatoms. The molecule has 0 spiro atoms. The first-order valence-electron chi connectivity index (χ1n) is 3.89. The van der Waals surface area contributed by atoms with E-state index in [1.165, 1.54) is 0 Å². The third kappa shape index (κ3) is 1.33. The Morgan fingerprint density at radius 1 is 1.25 bits per heavy atom. The molecule has 2 rings (SSSR count). The van der Waals surface area contributed by atoms with E-state index in [-0.39, 0.29) is 6.04 Å². The van der Waals surface area contributed by atoms with Crippen LogP contribution >= 0.6 is 23.2 Å². The molecule has 0 unspecified atom stereocenters. The van der Waals surface area contributed by atoms with Crippen molar-refractivity contribution >= 4 is 23.2 Å². The second-order valence-corrected chi connectivity index (χ2v) is 3.96. The SMILES string of the molecule is N[C@H]1C[C@H]1c1c(Cl)cccc1Cl. The van der Waals surface area contributed by atoms with Crippen molar-refractivity contribution in [3.05, 3.63) is 33.8 Å². The molecule has 1 saturated carbocycles. The maximum absolute atomic E-state index is 5.99. The van der Waals surface area contributed by atoms with Crippen LogP contribution in [0.3, 0.4) is 0 Å². The van der Waals surface area contributed by atoms with Gasteiger partial charge < -0.3 is 5.73 Å². The van der Waals surface area contributed by atoms with Gasteiger partial charge in [0.05, 0.1) is 0 Å². The molecule has 0 aromatic heterocycles. The van der Waals surface area contributed by atoms with Gasteiger partial charge in [-0.25, -0.2) is 0 Å². The molecule has 0 aliphatic heterocycles. The summed E-state index contributed by atoms with van der Waals surface area (Å²) in [6.45, 7) is 0. The average molecular weight is 202 g/mol. The third-order valence-electron chi connectivity index (χ3n) is 2.21. The number of halogens is 2. The van der Waals surface area contributed by atoms with E-state index in [0.717, 1.165) is 22.0 Å². The first-order chi connectivity index (χ1) is 5.70. The molecule has 0 saturated heterocycles. The van der Waals surface area contributed by atoms with Crippen molar-refractivity contribution in [2.24, 2.45) is 5.73 Å². The van der Waals surface area contributed by atoms with Crippen LogP contribution in [0.5, 0.6) is 0 Å². The normalized spacial score (nSPS) is 27.2. The molecule has 1 aromatic rings. The van der Waals surface area contributed by atoms with Gasteiger partial charge in [-0.1, -0.05) is 29.3 Å². The fourth-order valence-corrected chi connectivity index (χ4v) is 2.09. The van der Waals surface area contributed by atoms with Gasteiger partial charge in [0.25, 0.3) is 0 Å². The van der Waals surface area contributed by atoms with Gasteiger partial charge in [0.2, 0.25) is 0 Å². The van der Waals surface area contributed by atoms with Gasteiger partial charge >= 0.3 is 0 Å². The summed E-state index contributed by atoms with van der Waals surface area (Å²) < 4.78 is 0. The van der Waals surface area contributed by atoms with Crippen molar-refractivity contribution in [2.75, 3.05) is 0 Å². The summed E-state index contributed by atoms with van der Waals surface area (Å²) >= 11 is 12.0. The monoisotopic (exact) mass is 201 g/mol. The van der Waals surface area contributed by atoms with Gasteiger partial charge in [0, 0.05) is 22.0 Å². The summed E-state index contributed by atoms with van der Waals surface area (Å²) in [5.41, 5.74) is 6.74. The third-order valence-corrected chi connectivity index (χ3v) is 2.87. The second-order valence-electron chi connectivity index (χ2n) is 3.14. The summed E-state index contributed by atoms with van der Waals surface area (Å²) in [5.74, 6) is 0.381. The summed E-state index contributed by atoms with van der Waals surface area (Å²) in [6, 6.07) is 5.81. The van der Waals surface area contributed by atoms with Crippen molar-refractivity contribution < 1.29 is 0 Å². The second kappa shape index (κ2) is 2.91. The van der Waals surface area contributed by atoms with E-state index in [0.29, 0.717) is 5.92 Å². The Balaban J connectivity index is 2.41. The van der Waals surface area contributed by atoms with E-state index >= 15 is 0 Å². The van der Waals surface area contributed by atoms with Crippen molar-refractivity contribution in [3.8, 4) is 0 Å². The predicted octanol–water partition coefficient (Wildman–Crippen LogP) is 2.81. The molecule has 64 valence electrons. The number of hydrogen-bond donors (Lipinski definition) is 1. The summed E-state index contributed by atoms with van der Waals surface area (Å²) in [7, 11) is 0. The molecule has 0 bridgehead atoms. The Kier molecular flexibility index (Phi) is 2.03. The predicted molar refractivity (Wildman–Crippen MR) is 51.8 cm³/mol. The minimum absolute atomic E-state index is 0.252. The highest BCUT2D eigenvalue weighted by Gasteiger charge is 2.37. The zero-order valence-corrected chi connectivity index (χ0v) is 7.94. The van der Waals surface area contributed by atoms with E-state index < -0.39 is 0 Å². The smallest absolute Gasteiger partial charge is 0.0456 e. The first kappa shape index (κ1) is 8.36. The fourth-order valence-electron chi connectivity index (χ4n) is 1.41. The molecular formula is C9H9Cl2N. The fraction of sp³-hybridized carbons (Fsp3) is 0.333. The van der Waals surface area contributed by atoms with Crippen molar-refractivity contribution in [2.45, 2.75) is 18.4 Å². The van der Waals surface area contributed by atoms with Crippen LogP contribution in [0.4, 0.5) is 0 Å². The molecule has 1 aliphatic rings. The largest absolute Gasteiger partial charge is 0.327 e. The van der Waals surface area contributed by atoms with Gasteiger partial charge in [0.15, 0.2) is 0 Å². The first-order valence-corrected chi connectivity index (χ1v) is 4.65. The lowest BCUT2D eigenvalue weighted by Gasteiger charge is -2.04. The molecule has 12 heavy (non-hydrogen) atoms. The van der Waals surface area contributed by atoms with E-state index in [2.05, 4.69) is 0 Å². The van der Waals surface area contributed by atoms with Crippen molar-refractivity contribution in [1.82, 2.24) is 0 Å². The Morgan fingerprint density at radius 3 is 2.17 bits per heavy atom. The van der Waals surface area contributed by atoms with E-state index in [4.69, 9.17) is 28.9 Å². The molecule has 1 fully saturated rings. The average Bonchev–Trinajstić information content (AvgIpc) is 2.67. The van der Waals surface area contributed by atoms with Crippen LogP contribution < -0.4 is 5.73 Å². The van der Waals surface area contributed by atoms with Crippen LogP contribution in [0, 0.1) is 0 Å². The molecular weight excluding hydrogens is 193 g/mol. The summed E-state index contributed by atoms with van der Waals surface area (Å²) in [5, 5.41) is 1.47. The van der Waals surface area contributed by atoms with E-state index in [1.54, 1.807) is 0 Å². The molecule has 0 heterocycles. The standard InChI is InChI=1S/C9H9Cl2N/c10-6-2-1-3-7(11)9(6)5-4-8(5)12/h1-3,5,8H,4,12H2/t5-,8+/m1/s1. The lowest BCUT2D eigenvalue weighted by Crippen LogP contribution is -2.01. The number of nitrogens with two attached hydrogens (primary N) is 1.